The average Bonchev–Trinajstić information content (AvgIpc) is 3.30. The highest BCUT2D eigenvalue weighted by atomic mass is 32.2. The van der Waals surface area contributed by atoms with Gasteiger partial charge in [-0.2, -0.15) is 0 Å². The Balaban J connectivity index is 0.000000493. The van der Waals surface area contributed by atoms with Gasteiger partial charge in [0, 0.05) is 12.1 Å². The van der Waals surface area contributed by atoms with Crippen molar-refractivity contribution in [2.75, 3.05) is 20.8 Å². The number of nitrogens with zero attached hydrogens (tertiary/aromatic N) is 1. The number of urea groups is 1. The van der Waals surface area contributed by atoms with Crippen LogP contribution in [0.1, 0.15) is 29.8 Å². The van der Waals surface area contributed by atoms with E-state index in [1.807, 2.05) is 6.07 Å². The van der Waals surface area contributed by atoms with Gasteiger partial charge in [0.1, 0.15) is 11.5 Å². The maximum atomic E-state index is 12.9. The summed E-state index contributed by atoms with van der Waals surface area (Å²) >= 11 is 0. The lowest BCUT2D eigenvalue weighted by atomic mass is 9.95. The standard InChI is InChI=1S/C20H21N3O5.C4H9NO2S/c1-4-5-6-7-16(28-3)20(18(25)21-19(26)22-20)12-23-11-13-8-9-14(27-2)10-15(13)17(23)24;1-3-4(2)8(5,6)7/h4-10H,1,11-12H2,2-3H3,(H2,21,22,25,26);3H,1-2H3,(H2,5,6,7)/b6-5+,16-7-;4-3+/t20-;/m0./s1. The second-order valence-corrected chi connectivity index (χ2v) is 9.53. The summed E-state index contributed by atoms with van der Waals surface area (Å²) in [5.74, 6) is -0.0591. The first-order valence-corrected chi connectivity index (χ1v) is 12.3. The van der Waals surface area contributed by atoms with Crippen molar-refractivity contribution >= 4 is 27.9 Å². The quantitative estimate of drug-likeness (QED) is 0.268. The molecular formula is C24H30N4O7S. The van der Waals surface area contributed by atoms with E-state index in [0.717, 1.165) is 5.56 Å². The van der Waals surface area contributed by atoms with Gasteiger partial charge in [0.05, 0.1) is 25.7 Å². The minimum atomic E-state index is -3.39. The molecule has 2 aliphatic heterocycles. The number of nitrogens with two attached hydrogens (primary N) is 1. The number of nitrogens with one attached hydrogen (secondary N) is 2. The summed E-state index contributed by atoms with van der Waals surface area (Å²) in [7, 11) is -0.464. The zero-order valence-corrected chi connectivity index (χ0v) is 21.3. The van der Waals surface area contributed by atoms with E-state index in [1.54, 1.807) is 43.4 Å². The van der Waals surface area contributed by atoms with E-state index in [0.29, 0.717) is 17.9 Å². The second kappa shape index (κ2) is 11.7. The zero-order valence-electron chi connectivity index (χ0n) is 20.5. The Labute approximate surface area is 210 Å². The third kappa shape index (κ3) is 6.20. The van der Waals surface area contributed by atoms with Gasteiger partial charge in [0.25, 0.3) is 11.8 Å². The predicted molar refractivity (Wildman–Crippen MR) is 134 cm³/mol. The van der Waals surface area contributed by atoms with Gasteiger partial charge in [-0.05, 0) is 37.6 Å². The molecule has 0 spiro atoms. The van der Waals surface area contributed by atoms with Crippen LogP contribution in [0.5, 0.6) is 5.75 Å². The lowest BCUT2D eigenvalue weighted by Crippen LogP contribution is -2.57. The van der Waals surface area contributed by atoms with Crippen LogP contribution >= 0.6 is 0 Å². The normalized spacial score (nSPS) is 19.9. The van der Waals surface area contributed by atoms with Crippen LogP contribution in [0.15, 0.2) is 65.8 Å². The molecule has 0 radical (unpaired) electrons. The van der Waals surface area contributed by atoms with Crippen molar-refractivity contribution < 1.29 is 32.3 Å². The number of fused-ring (bicyclic) bond motifs is 1. The van der Waals surface area contributed by atoms with Gasteiger partial charge < -0.3 is 19.7 Å². The smallest absolute Gasteiger partial charge is 0.322 e. The van der Waals surface area contributed by atoms with E-state index >= 15 is 0 Å². The predicted octanol–water partition coefficient (Wildman–Crippen LogP) is 1.70. The van der Waals surface area contributed by atoms with E-state index in [2.05, 4.69) is 17.2 Å². The van der Waals surface area contributed by atoms with E-state index < -0.39 is 27.5 Å². The topological polar surface area (TPSA) is 157 Å². The Kier molecular flexibility index (Phi) is 9.20. The fourth-order valence-corrected chi connectivity index (χ4v) is 3.83. The highest BCUT2D eigenvalue weighted by Gasteiger charge is 2.53. The van der Waals surface area contributed by atoms with E-state index in [4.69, 9.17) is 14.6 Å². The molecule has 0 aromatic heterocycles. The molecular weight excluding hydrogens is 488 g/mol. The van der Waals surface area contributed by atoms with Gasteiger partial charge in [-0.25, -0.2) is 18.4 Å². The average molecular weight is 519 g/mol. The number of imide groups is 1. The molecule has 4 amide bonds. The van der Waals surface area contributed by atoms with Crippen LogP contribution in [0, 0.1) is 0 Å². The molecule has 12 heteroatoms. The molecule has 36 heavy (non-hydrogen) atoms. The van der Waals surface area contributed by atoms with Crippen LogP contribution in [0.2, 0.25) is 0 Å². The molecule has 0 unspecified atom stereocenters. The molecule has 2 aliphatic rings. The number of allylic oxidation sites excluding steroid dienone is 6. The molecule has 11 nitrogen and oxygen atoms in total. The number of rotatable bonds is 8. The van der Waals surface area contributed by atoms with Crippen molar-refractivity contribution in [1.29, 1.82) is 0 Å². The van der Waals surface area contributed by atoms with Crippen LogP contribution in [0.3, 0.4) is 0 Å². The number of benzene rings is 1. The van der Waals surface area contributed by atoms with Crippen LogP contribution in [-0.4, -0.2) is 57.5 Å². The first-order chi connectivity index (χ1) is 16.9. The number of carbonyl (C=O) groups is 3. The summed E-state index contributed by atoms with van der Waals surface area (Å²) in [6, 6.07) is 4.60. The van der Waals surface area contributed by atoms with Crippen molar-refractivity contribution in [3.05, 3.63) is 76.9 Å². The second-order valence-electron chi connectivity index (χ2n) is 7.80. The fraction of sp³-hybridized carbons (Fsp3) is 0.292. The van der Waals surface area contributed by atoms with Gasteiger partial charge in [0.2, 0.25) is 10.0 Å². The van der Waals surface area contributed by atoms with Gasteiger partial charge >= 0.3 is 6.03 Å². The minimum Gasteiger partial charge on any atom is -0.498 e. The van der Waals surface area contributed by atoms with Crippen molar-refractivity contribution in [3.8, 4) is 5.75 Å². The Morgan fingerprint density at radius 2 is 1.94 bits per heavy atom. The Hall–Kier alpha value is -3.90. The lowest BCUT2D eigenvalue weighted by molar-refractivity contribution is -0.124. The number of sulfonamides is 1. The van der Waals surface area contributed by atoms with Gasteiger partial charge in [-0.1, -0.05) is 36.9 Å². The monoisotopic (exact) mass is 518 g/mol. The molecule has 0 saturated carbocycles. The van der Waals surface area contributed by atoms with Gasteiger partial charge in [-0.3, -0.25) is 14.9 Å². The summed E-state index contributed by atoms with van der Waals surface area (Å²) in [5.41, 5.74) is -0.201. The first kappa shape index (κ1) is 28.3. The molecule has 1 aromatic rings. The number of hydrogen-bond donors (Lipinski definition) is 3. The molecule has 1 aromatic carbocycles. The highest BCUT2D eigenvalue weighted by molar-refractivity contribution is 7.93. The van der Waals surface area contributed by atoms with Crippen LogP contribution in [0.25, 0.3) is 0 Å². The molecule has 0 aliphatic carbocycles. The number of methoxy groups -OCH3 is 2. The van der Waals surface area contributed by atoms with E-state index in [9.17, 15) is 22.8 Å². The van der Waals surface area contributed by atoms with Crippen LogP contribution in [0.4, 0.5) is 4.79 Å². The highest BCUT2D eigenvalue weighted by Crippen LogP contribution is 2.31. The molecule has 1 saturated heterocycles. The van der Waals surface area contributed by atoms with Crippen molar-refractivity contribution in [2.45, 2.75) is 25.9 Å². The van der Waals surface area contributed by atoms with E-state index in [-0.39, 0.29) is 23.1 Å². The van der Waals surface area contributed by atoms with Crippen molar-refractivity contribution in [2.24, 2.45) is 5.14 Å². The maximum absolute atomic E-state index is 12.9. The number of primary sulfonamides is 1. The molecule has 1 fully saturated rings. The summed E-state index contributed by atoms with van der Waals surface area (Å²) in [6.07, 6.45) is 7.87. The maximum Gasteiger partial charge on any atom is 0.322 e. The van der Waals surface area contributed by atoms with Crippen molar-refractivity contribution in [1.82, 2.24) is 15.5 Å². The summed E-state index contributed by atoms with van der Waals surface area (Å²) in [4.78, 5) is 39.2. The first-order valence-electron chi connectivity index (χ1n) is 10.7. The van der Waals surface area contributed by atoms with Gasteiger partial charge in [-0.15, -0.1) is 0 Å². The number of amides is 4. The third-order valence-electron chi connectivity index (χ3n) is 5.56. The zero-order chi connectivity index (χ0) is 27.1. The largest absolute Gasteiger partial charge is 0.498 e. The Morgan fingerprint density at radius 1 is 1.25 bits per heavy atom. The van der Waals surface area contributed by atoms with Crippen LogP contribution < -0.4 is 20.5 Å². The molecule has 2 heterocycles. The summed E-state index contributed by atoms with van der Waals surface area (Å²) in [6.45, 7) is 6.89. The molecule has 1 atom stereocenters. The third-order valence-corrected chi connectivity index (χ3v) is 6.69. The van der Waals surface area contributed by atoms with Gasteiger partial charge in [0.15, 0.2) is 5.54 Å². The number of carbonyl (C=O) groups excluding carboxylic acids is 3. The molecule has 194 valence electrons. The molecule has 3 rings (SSSR count). The number of ether oxygens (including phenoxy) is 2. The van der Waals surface area contributed by atoms with E-state index in [1.165, 1.54) is 32.1 Å². The van der Waals surface area contributed by atoms with Crippen molar-refractivity contribution in [3.63, 3.8) is 0 Å². The lowest BCUT2D eigenvalue weighted by Gasteiger charge is -2.31. The minimum absolute atomic E-state index is 0.0813. The molecule has 0 bridgehead atoms. The number of hydrogen-bond acceptors (Lipinski definition) is 7. The van der Waals surface area contributed by atoms with Crippen LogP contribution in [-0.2, 0) is 26.1 Å². The summed E-state index contributed by atoms with van der Waals surface area (Å²) in [5, 5.41) is 9.54. The Bertz CT molecular complexity index is 1250. The summed E-state index contributed by atoms with van der Waals surface area (Å²) < 4.78 is 31.1. The fourth-order valence-electron chi connectivity index (χ4n) is 3.51. The molecule has 4 N–H and O–H groups in total. The SMILES string of the molecule is C/C=C(\C)S(N)(=O)=O.C=C/C=C/C=C(\OC)[C@]1(CN2Cc3ccc(OC)cc3C2=O)NC(=O)NC1=O. The Morgan fingerprint density at radius 3 is 2.42 bits per heavy atom.